The van der Waals surface area contributed by atoms with Crippen LogP contribution in [0.4, 0.5) is 10.5 Å². The van der Waals surface area contributed by atoms with Crippen molar-refractivity contribution in [2.24, 2.45) is 0 Å². The van der Waals surface area contributed by atoms with Gasteiger partial charge in [0.1, 0.15) is 35.5 Å². The summed E-state index contributed by atoms with van der Waals surface area (Å²) >= 11 is 0. The van der Waals surface area contributed by atoms with E-state index in [2.05, 4.69) is 24.1 Å². The van der Waals surface area contributed by atoms with E-state index in [1.54, 1.807) is 4.90 Å². The van der Waals surface area contributed by atoms with Gasteiger partial charge in [-0.3, -0.25) is 4.79 Å². The third kappa shape index (κ3) is 6.09. The fourth-order valence-electron chi connectivity index (χ4n) is 3.76. The lowest BCUT2D eigenvalue weighted by atomic mass is 10.1. The number of carbonyl (C=O) groups is 2. The number of benzene rings is 1. The van der Waals surface area contributed by atoms with Crippen LogP contribution < -0.4 is 10.1 Å². The molecule has 9 nitrogen and oxygen atoms in total. The van der Waals surface area contributed by atoms with Crippen molar-refractivity contribution in [3.8, 4) is 5.75 Å². The number of carbonyl (C=O) groups excluding carboxylic acids is 2. The SMILES string of the molecule is COC(=O)CNc1c(OC2CCN(C(=O)OC(C)(C)C)CC2)cc(C)c2nc(C(C)C)[nH]c12. The Labute approximate surface area is 195 Å². The number of H-pyrrole nitrogens is 1. The summed E-state index contributed by atoms with van der Waals surface area (Å²) in [6, 6.07) is 1.95. The maximum atomic E-state index is 12.4. The second-order valence-electron chi connectivity index (χ2n) is 9.78. The van der Waals surface area contributed by atoms with Crippen molar-refractivity contribution in [3.05, 3.63) is 17.5 Å². The van der Waals surface area contributed by atoms with Gasteiger partial charge in [0.2, 0.25) is 0 Å². The number of nitrogens with zero attached hydrogens (tertiary/aromatic N) is 2. The average molecular weight is 461 g/mol. The van der Waals surface area contributed by atoms with Crippen molar-refractivity contribution in [3.63, 3.8) is 0 Å². The molecule has 33 heavy (non-hydrogen) atoms. The molecular formula is C24H36N4O5. The number of hydrogen-bond acceptors (Lipinski definition) is 7. The third-order valence-electron chi connectivity index (χ3n) is 5.51. The van der Waals surface area contributed by atoms with Crippen LogP contribution in [0, 0.1) is 6.92 Å². The minimum absolute atomic E-state index is 0.0120. The molecule has 1 aromatic heterocycles. The van der Waals surface area contributed by atoms with Gasteiger partial charge in [-0.25, -0.2) is 9.78 Å². The summed E-state index contributed by atoms with van der Waals surface area (Å²) < 4.78 is 16.7. The highest BCUT2D eigenvalue weighted by Gasteiger charge is 2.28. The molecule has 0 radical (unpaired) electrons. The van der Waals surface area contributed by atoms with E-state index in [1.165, 1.54) is 7.11 Å². The number of aromatic amines is 1. The Morgan fingerprint density at radius 1 is 1.27 bits per heavy atom. The Morgan fingerprint density at radius 3 is 2.52 bits per heavy atom. The number of methoxy groups -OCH3 is 1. The van der Waals surface area contributed by atoms with Gasteiger partial charge in [0.15, 0.2) is 0 Å². The van der Waals surface area contributed by atoms with Crippen LogP contribution in [0.3, 0.4) is 0 Å². The lowest BCUT2D eigenvalue weighted by Gasteiger charge is -2.33. The van der Waals surface area contributed by atoms with Gasteiger partial charge in [0.25, 0.3) is 0 Å². The summed E-state index contributed by atoms with van der Waals surface area (Å²) in [5, 5.41) is 3.17. The van der Waals surface area contributed by atoms with Gasteiger partial charge >= 0.3 is 12.1 Å². The molecule has 182 valence electrons. The first-order valence-corrected chi connectivity index (χ1v) is 11.5. The van der Waals surface area contributed by atoms with Gasteiger partial charge < -0.3 is 29.4 Å². The van der Waals surface area contributed by atoms with Crippen molar-refractivity contribution in [2.75, 3.05) is 32.1 Å². The van der Waals surface area contributed by atoms with Gasteiger partial charge in [-0.15, -0.1) is 0 Å². The standard InChI is InChI=1S/C24H36N4O5/c1-14(2)22-26-19-15(3)12-17(20(21(19)27-22)25-13-18(29)31-7)32-16-8-10-28(11-9-16)23(30)33-24(4,5)6/h12,14,16,25H,8-11,13H2,1-7H3,(H,26,27). The minimum Gasteiger partial charge on any atom is -0.488 e. The molecule has 0 spiro atoms. The van der Waals surface area contributed by atoms with Crippen LogP contribution in [0.15, 0.2) is 6.07 Å². The van der Waals surface area contributed by atoms with Crippen LogP contribution in [-0.4, -0.2) is 65.4 Å². The molecule has 1 aliphatic rings. The van der Waals surface area contributed by atoms with Gasteiger partial charge in [-0.2, -0.15) is 0 Å². The zero-order valence-electron chi connectivity index (χ0n) is 20.7. The maximum absolute atomic E-state index is 12.4. The summed E-state index contributed by atoms with van der Waals surface area (Å²) in [6.07, 6.45) is 1.02. The largest absolute Gasteiger partial charge is 0.488 e. The lowest BCUT2D eigenvalue weighted by molar-refractivity contribution is -0.138. The average Bonchev–Trinajstić information content (AvgIpc) is 3.19. The number of imidazole rings is 1. The number of ether oxygens (including phenoxy) is 3. The van der Waals surface area contributed by atoms with Gasteiger partial charge in [-0.05, 0) is 39.3 Å². The molecule has 0 unspecified atom stereocenters. The monoisotopic (exact) mass is 460 g/mol. The van der Waals surface area contributed by atoms with E-state index in [-0.39, 0.29) is 30.6 Å². The molecule has 0 bridgehead atoms. The fourth-order valence-corrected chi connectivity index (χ4v) is 3.76. The molecule has 1 saturated heterocycles. The molecule has 3 rings (SSSR count). The first-order valence-electron chi connectivity index (χ1n) is 11.5. The highest BCUT2D eigenvalue weighted by atomic mass is 16.6. The van der Waals surface area contributed by atoms with Gasteiger partial charge in [0.05, 0.1) is 18.1 Å². The van der Waals surface area contributed by atoms with Crippen molar-refractivity contribution < 1.29 is 23.8 Å². The molecule has 0 aliphatic carbocycles. The Morgan fingerprint density at radius 2 is 1.94 bits per heavy atom. The molecule has 2 aromatic rings. The number of aryl methyl sites for hydroxylation is 1. The summed E-state index contributed by atoms with van der Waals surface area (Å²) in [5.74, 6) is 1.38. The first kappa shape index (κ1) is 24.7. The smallest absolute Gasteiger partial charge is 0.410 e. The lowest BCUT2D eigenvalue weighted by Crippen LogP contribution is -2.44. The van der Waals surface area contributed by atoms with Crippen molar-refractivity contribution in [2.45, 2.75) is 72.0 Å². The molecule has 0 saturated carbocycles. The highest BCUT2D eigenvalue weighted by molar-refractivity contribution is 5.95. The number of aromatic nitrogens is 2. The summed E-state index contributed by atoms with van der Waals surface area (Å²) in [4.78, 5) is 34.0. The van der Waals surface area contributed by atoms with Gasteiger partial charge in [0, 0.05) is 31.8 Å². The Bertz CT molecular complexity index is 1000. The zero-order chi connectivity index (χ0) is 24.3. The minimum atomic E-state index is -0.517. The van der Waals surface area contributed by atoms with E-state index < -0.39 is 5.60 Å². The maximum Gasteiger partial charge on any atom is 0.410 e. The van der Waals surface area contributed by atoms with E-state index >= 15 is 0 Å². The second kappa shape index (κ2) is 9.89. The molecule has 1 fully saturated rings. The number of amides is 1. The topological polar surface area (TPSA) is 106 Å². The van der Waals surface area contributed by atoms with Crippen LogP contribution in [0.5, 0.6) is 5.75 Å². The predicted molar refractivity (Wildman–Crippen MR) is 127 cm³/mol. The van der Waals surface area contributed by atoms with Crippen LogP contribution in [0.2, 0.25) is 0 Å². The number of nitrogens with one attached hydrogen (secondary N) is 2. The molecule has 2 N–H and O–H groups in total. The summed E-state index contributed by atoms with van der Waals surface area (Å²) in [5.41, 5.74) is 2.81. The molecule has 1 amide bonds. The first-order chi connectivity index (χ1) is 15.5. The number of rotatable bonds is 6. The number of hydrogen-bond donors (Lipinski definition) is 2. The zero-order valence-corrected chi connectivity index (χ0v) is 20.7. The fraction of sp³-hybridized carbons (Fsp3) is 0.625. The molecule has 1 aliphatic heterocycles. The van der Waals surface area contributed by atoms with E-state index in [4.69, 9.17) is 19.2 Å². The Kier molecular flexibility index (Phi) is 7.39. The van der Waals surface area contributed by atoms with Crippen LogP contribution in [0.25, 0.3) is 11.0 Å². The molecule has 2 heterocycles. The van der Waals surface area contributed by atoms with E-state index in [1.807, 2.05) is 33.8 Å². The normalized spacial score (nSPS) is 15.1. The van der Waals surface area contributed by atoms with Crippen molar-refractivity contribution in [1.29, 1.82) is 0 Å². The number of fused-ring (bicyclic) bond motifs is 1. The van der Waals surface area contributed by atoms with Crippen molar-refractivity contribution in [1.82, 2.24) is 14.9 Å². The van der Waals surface area contributed by atoms with E-state index in [9.17, 15) is 9.59 Å². The highest BCUT2D eigenvalue weighted by Crippen LogP contribution is 2.37. The molecular weight excluding hydrogens is 424 g/mol. The number of esters is 1. The third-order valence-corrected chi connectivity index (χ3v) is 5.51. The van der Waals surface area contributed by atoms with E-state index in [0.717, 1.165) is 22.4 Å². The van der Waals surface area contributed by atoms with E-state index in [0.29, 0.717) is 37.4 Å². The summed E-state index contributed by atoms with van der Waals surface area (Å²) in [6.45, 7) is 12.9. The Hall–Kier alpha value is -2.97. The van der Waals surface area contributed by atoms with Gasteiger partial charge in [-0.1, -0.05) is 13.8 Å². The molecule has 1 aromatic carbocycles. The number of likely N-dealkylation sites (tertiary alicyclic amines) is 1. The quantitative estimate of drug-likeness (QED) is 0.617. The van der Waals surface area contributed by atoms with Crippen LogP contribution >= 0.6 is 0 Å². The Balaban J connectivity index is 1.80. The van der Waals surface area contributed by atoms with Crippen LogP contribution in [0.1, 0.15) is 64.8 Å². The molecule has 9 heteroatoms. The van der Waals surface area contributed by atoms with Crippen LogP contribution in [-0.2, 0) is 14.3 Å². The molecule has 0 atom stereocenters. The second-order valence-corrected chi connectivity index (χ2v) is 9.78. The number of anilines is 1. The predicted octanol–water partition coefficient (Wildman–Crippen LogP) is 4.36. The summed E-state index contributed by atoms with van der Waals surface area (Å²) in [7, 11) is 1.36. The number of piperidine rings is 1. The van der Waals surface area contributed by atoms with Crippen molar-refractivity contribution >= 4 is 28.8 Å².